The first-order chi connectivity index (χ1) is 16.5. The molecule has 8 heteroatoms. The first-order valence-electron chi connectivity index (χ1n) is 12.9. The van der Waals surface area contributed by atoms with E-state index in [0.29, 0.717) is 37.0 Å². The summed E-state index contributed by atoms with van der Waals surface area (Å²) in [4.78, 5) is 26.2. The Bertz CT molecular complexity index is 942. The highest BCUT2D eigenvalue weighted by Crippen LogP contribution is 2.32. The summed E-state index contributed by atoms with van der Waals surface area (Å²) in [5.41, 5.74) is 1.62. The van der Waals surface area contributed by atoms with E-state index in [1.165, 1.54) is 32.1 Å². The van der Waals surface area contributed by atoms with E-state index in [0.717, 1.165) is 36.6 Å². The smallest absolute Gasteiger partial charge is 0.255 e. The third kappa shape index (κ3) is 4.84. The van der Waals surface area contributed by atoms with Gasteiger partial charge in [-0.1, -0.05) is 0 Å². The minimum atomic E-state index is -0.367. The molecule has 1 aromatic carbocycles. The fourth-order valence-electron chi connectivity index (χ4n) is 6.11. The average Bonchev–Trinajstić information content (AvgIpc) is 3.41. The van der Waals surface area contributed by atoms with E-state index in [4.69, 9.17) is 10.1 Å². The topological polar surface area (TPSA) is 107 Å². The van der Waals surface area contributed by atoms with Crippen molar-refractivity contribution in [3.05, 3.63) is 29.3 Å². The molecule has 1 aromatic rings. The van der Waals surface area contributed by atoms with Crippen molar-refractivity contribution in [2.24, 2.45) is 5.92 Å². The molecule has 2 aliphatic heterocycles. The van der Waals surface area contributed by atoms with Crippen molar-refractivity contribution in [3.8, 4) is 5.75 Å². The zero-order valence-corrected chi connectivity index (χ0v) is 20.1. The monoisotopic (exact) mass is 467 g/mol. The number of amidine groups is 1. The number of benzene rings is 1. The van der Waals surface area contributed by atoms with Crippen molar-refractivity contribution in [2.75, 3.05) is 13.6 Å². The van der Waals surface area contributed by atoms with Crippen LogP contribution in [0.15, 0.2) is 18.2 Å². The number of rotatable bonds is 7. The van der Waals surface area contributed by atoms with Gasteiger partial charge in [0.1, 0.15) is 17.7 Å². The van der Waals surface area contributed by atoms with Crippen molar-refractivity contribution < 1.29 is 14.3 Å². The molecule has 0 radical (unpaired) electrons. The molecule has 184 valence electrons. The normalized spacial score (nSPS) is 31.5. The Hall–Kier alpha value is -2.45. The largest absolute Gasteiger partial charge is 0.489 e. The van der Waals surface area contributed by atoms with Crippen LogP contribution in [0.2, 0.25) is 0 Å². The number of ether oxygens (including phenoxy) is 1. The summed E-state index contributed by atoms with van der Waals surface area (Å²) in [5.74, 6) is 1.47. The molecule has 8 nitrogen and oxygen atoms in total. The van der Waals surface area contributed by atoms with E-state index < -0.39 is 0 Å². The molecule has 34 heavy (non-hydrogen) atoms. The fraction of sp³-hybridized carbons (Fsp3) is 0.654. The van der Waals surface area contributed by atoms with Gasteiger partial charge in [-0.05, 0) is 94.6 Å². The molecule has 3 atom stereocenters. The highest BCUT2D eigenvalue weighted by atomic mass is 16.5. The first kappa shape index (κ1) is 23.3. The second-order valence-corrected chi connectivity index (χ2v) is 10.4. The van der Waals surface area contributed by atoms with Crippen molar-refractivity contribution in [1.82, 2.24) is 20.9 Å². The number of fused-ring (bicyclic) bond motifs is 1. The number of carbonyl (C=O) groups excluding carboxylic acids is 2. The first-order valence-corrected chi connectivity index (χ1v) is 12.9. The van der Waals surface area contributed by atoms with Crippen LogP contribution in [0.5, 0.6) is 5.75 Å². The highest BCUT2D eigenvalue weighted by molar-refractivity contribution is 6.06. The zero-order valence-electron chi connectivity index (χ0n) is 20.1. The molecule has 1 unspecified atom stereocenters. The van der Waals surface area contributed by atoms with Crippen LogP contribution in [0.1, 0.15) is 73.7 Å². The van der Waals surface area contributed by atoms with Crippen molar-refractivity contribution in [1.29, 1.82) is 5.41 Å². The quantitative estimate of drug-likeness (QED) is 0.493. The standard InChI is InChI=1S/C26H37N5O3/c1-28-18-7-5-16(6-8-18)14-29-21-3-2-4-23(21)34-19-9-10-20-17(13-19)15-31(26(20)33)22-11-12-24(32)30-25(22)27/h9-10,13,16,18,21-23,28-29H,2-8,11-12,14-15H2,1H3,(H2,27,30,32)/t16?,18?,21-,22?,23-/m0/s1. The lowest BCUT2D eigenvalue weighted by atomic mass is 9.86. The van der Waals surface area contributed by atoms with Gasteiger partial charge in [0.25, 0.3) is 5.91 Å². The Labute approximate surface area is 201 Å². The van der Waals surface area contributed by atoms with Gasteiger partial charge in [0.05, 0.1) is 6.04 Å². The summed E-state index contributed by atoms with van der Waals surface area (Å²) >= 11 is 0. The number of nitrogens with one attached hydrogen (secondary N) is 4. The molecule has 2 heterocycles. The van der Waals surface area contributed by atoms with E-state index in [9.17, 15) is 9.59 Å². The molecule has 2 saturated carbocycles. The van der Waals surface area contributed by atoms with Crippen LogP contribution >= 0.6 is 0 Å². The second-order valence-electron chi connectivity index (χ2n) is 10.4. The van der Waals surface area contributed by atoms with Gasteiger partial charge >= 0.3 is 0 Å². The zero-order chi connectivity index (χ0) is 23.7. The summed E-state index contributed by atoms with van der Waals surface area (Å²) in [6, 6.07) is 6.45. The lowest BCUT2D eigenvalue weighted by Gasteiger charge is -2.31. The van der Waals surface area contributed by atoms with Crippen LogP contribution in [0, 0.1) is 11.3 Å². The summed E-state index contributed by atoms with van der Waals surface area (Å²) < 4.78 is 6.44. The molecular weight excluding hydrogens is 430 g/mol. The number of carbonyl (C=O) groups is 2. The van der Waals surface area contributed by atoms with Crippen LogP contribution in [0.3, 0.4) is 0 Å². The fourth-order valence-corrected chi connectivity index (χ4v) is 6.11. The Morgan fingerprint density at radius 1 is 1.12 bits per heavy atom. The summed E-state index contributed by atoms with van der Waals surface area (Å²) in [6.07, 6.45) is 9.46. The van der Waals surface area contributed by atoms with Gasteiger partial charge in [0.2, 0.25) is 5.91 Å². The van der Waals surface area contributed by atoms with Gasteiger partial charge in [-0.3, -0.25) is 15.0 Å². The van der Waals surface area contributed by atoms with E-state index in [1.807, 2.05) is 18.2 Å². The lowest BCUT2D eigenvalue weighted by Crippen LogP contribution is -2.52. The Kier molecular flexibility index (Phi) is 6.88. The van der Waals surface area contributed by atoms with Crippen LogP contribution in [0.25, 0.3) is 0 Å². The minimum Gasteiger partial charge on any atom is -0.489 e. The molecule has 2 amide bonds. The maximum atomic E-state index is 13.0. The Morgan fingerprint density at radius 3 is 2.71 bits per heavy atom. The van der Waals surface area contributed by atoms with E-state index in [1.54, 1.807) is 4.90 Å². The van der Waals surface area contributed by atoms with E-state index in [-0.39, 0.29) is 29.8 Å². The summed E-state index contributed by atoms with van der Waals surface area (Å²) in [5, 5.41) is 17.9. The van der Waals surface area contributed by atoms with Crippen molar-refractivity contribution >= 4 is 17.6 Å². The lowest BCUT2D eigenvalue weighted by molar-refractivity contribution is -0.120. The molecule has 0 bridgehead atoms. The van der Waals surface area contributed by atoms with Gasteiger partial charge in [0, 0.05) is 30.6 Å². The summed E-state index contributed by atoms with van der Waals surface area (Å²) in [7, 11) is 2.07. The number of piperidine rings is 1. The van der Waals surface area contributed by atoms with Crippen molar-refractivity contribution in [2.45, 2.75) is 88.6 Å². The van der Waals surface area contributed by atoms with E-state index >= 15 is 0 Å². The van der Waals surface area contributed by atoms with Crippen LogP contribution in [-0.4, -0.2) is 60.4 Å². The molecule has 2 aliphatic carbocycles. The van der Waals surface area contributed by atoms with Crippen molar-refractivity contribution in [3.63, 3.8) is 0 Å². The molecule has 4 aliphatic rings. The summed E-state index contributed by atoms with van der Waals surface area (Å²) in [6.45, 7) is 1.52. The Morgan fingerprint density at radius 2 is 1.94 bits per heavy atom. The molecular formula is C26H37N5O3. The maximum Gasteiger partial charge on any atom is 0.255 e. The average molecular weight is 468 g/mol. The number of hydrogen-bond acceptors (Lipinski definition) is 6. The van der Waals surface area contributed by atoms with Crippen LogP contribution < -0.4 is 20.7 Å². The number of nitrogens with zero attached hydrogens (tertiary/aromatic N) is 1. The SMILES string of the molecule is CNC1CCC(CN[C@H]2CCC[C@@H]2Oc2ccc3c(c2)CN(C2CCC(=O)NC2=N)C3=O)CC1. The van der Waals surface area contributed by atoms with Gasteiger partial charge in [0.15, 0.2) is 0 Å². The third-order valence-corrected chi connectivity index (χ3v) is 8.20. The van der Waals surface area contributed by atoms with Gasteiger partial charge in [-0.15, -0.1) is 0 Å². The molecule has 5 rings (SSSR count). The second kappa shape index (κ2) is 10.0. The van der Waals surface area contributed by atoms with Gasteiger partial charge in [-0.2, -0.15) is 0 Å². The van der Waals surface area contributed by atoms with E-state index in [2.05, 4.69) is 23.0 Å². The van der Waals surface area contributed by atoms with Crippen LogP contribution in [0.4, 0.5) is 0 Å². The van der Waals surface area contributed by atoms with Gasteiger partial charge in [-0.25, -0.2) is 0 Å². The minimum absolute atomic E-state index is 0.0687. The Balaban J connectivity index is 1.17. The predicted octanol–water partition coefficient (Wildman–Crippen LogP) is 2.57. The molecule has 4 N–H and O–H groups in total. The number of amides is 2. The maximum absolute atomic E-state index is 13.0. The predicted molar refractivity (Wildman–Crippen MR) is 130 cm³/mol. The number of hydrogen-bond donors (Lipinski definition) is 4. The van der Waals surface area contributed by atoms with Gasteiger partial charge < -0.3 is 25.6 Å². The highest BCUT2D eigenvalue weighted by Gasteiger charge is 2.38. The third-order valence-electron chi connectivity index (χ3n) is 8.20. The molecule has 0 aromatic heterocycles. The van der Waals surface area contributed by atoms with Crippen LogP contribution in [-0.2, 0) is 11.3 Å². The molecule has 3 fully saturated rings. The molecule has 1 saturated heterocycles. The molecule has 0 spiro atoms.